The molecule has 1 aromatic heterocycles. The molecule has 0 radical (unpaired) electrons. The number of hydrogen-bond acceptors (Lipinski definition) is 5. The molecule has 2 saturated heterocycles. The summed E-state index contributed by atoms with van der Waals surface area (Å²) in [5.74, 6) is 0. The average molecular weight is 361 g/mol. The Morgan fingerprint density at radius 2 is 2.00 bits per heavy atom. The standard InChI is InChI=1S/C18H23N3O3S/c22-15-4-6-18(20-13-15)7-10-21(11-8-18)25(23,24)17-3-1-2-14-12-19-9-5-16(14)17/h1-3,5,9,12,15,20,22H,4,6-8,10-11,13H2. The fourth-order valence-electron chi connectivity index (χ4n) is 4.01. The highest BCUT2D eigenvalue weighted by atomic mass is 32.2. The number of aliphatic hydroxyl groups excluding tert-OH is 1. The van der Waals surface area contributed by atoms with Gasteiger partial charge in [-0.25, -0.2) is 8.42 Å². The Bertz CT molecular complexity index is 861. The highest BCUT2D eigenvalue weighted by Crippen LogP contribution is 2.34. The van der Waals surface area contributed by atoms with Crippen molar-refractivity contribution in [3.8, 4) is 0 Å². The van der Waals surface area contributed by atoms with Crippen molar-refractivity contribution in [2.45, 2.75) is 42.2 Å². The second kappa shape index (κ2) is 6.32. The molecule has 2 aliphatic heterocycles. The van der Waals surface area contributed by atoms with Crippen molar-refractivity contribution in [1.82, 2.24) is 14.6 Å². The number of pyridine rings is 1. The summed E-state index contributed by atoms with van der Waals surface area (Å²) in [6.07, 6.45) is 6.30. The number of benzene rings is 1. The number of hydrogen-bond donors (Lipinski definition) is 2. The first-order valence-electron chi connectivity index (χ1n) is 8.76. The van der Waals surface area contributed by atoms with Crippen LogP contribution in [0.1, 0.15) is 25.7 Å². The second-order valence-electron chi connectivity index (χ2n) is 7.11. The number of sulfonamides is 1. The van der Waals surface area contributed by atoms with Crippen LogP contribution in [-0.4, -0.2) is 54.1 Å². The molecule has 7 heteroatoms. The molecule has 3 heterocycles. The van der Waals surface area contributed by atoms with E-state index in [4.69, 9.17) is 0 Å². The summed E-state index contributed by atoms with van der Waals surface area (Å²) in [5, 5.41) is 14.7. The van der Waals surface area contributed by atoms with E-state index in [9.17, 15) is 13.5 Å². The number of nitrogens with one attached hydrogen (secondary N) is 1. The van der Waals surface area contributed by atoms with Crippen molar-refractivity contribution in [3.05, 3.63) is 36.7 Å². The first kappa shape index (κ1) is 16.9. The molecule has 134 valence electrons. The zero-order valence-corrected chi connectivity index (χ0v) is 14.9. The van der Waals surface area contributed by atoms with Crippen molar-refractivity contribution < 1.29 is 13.5 Å². The molecular weight excluding hydrogens is 338 g/mol. The van der Waals surface area contributed by atoms with E-state index < -0.39 is 10.0 Å². The van der Waals surface area contributed by atoms with Gasteiger partial charge in [-0.15, -0.1) is 0 Å². The van der Waals surface area contributed by atoms with Crippen LogP contribution >= 0.6 is 0 Å². The number of nitrogens with zero attached hydrogens (tertiary/aromatic N) is 2. The van der Waals surface area contributed by atoms with Crippen LogP contribution in [0.25, 0.3) is 10.8 Å². The predicted molar refractivity (Wildman–Crippen MR) is 95.7 cm³/mol. The van der Waals surface area contributed by atoms with Crippen LogP contribution in [0.2, 0.25) is 0 Å². The van der Waals surface area contributed by atoms with Gasteiger partial charge in [0.2, 0.25) is 10.0 Å². The van der Waals surface area contributed by atoms with Gasteiger partial charge in [0.15, 0.2) is 0 Å². The third-order valence-electron chi connectivity index (χ3n) is 5.61. The molecule has 6 nitrogen and oxygen atoms in total. The van der Waals surface area contributed by atoms with E-state index in [2.05, 4.69) is 10.3 Å². The number of aliphatic hydroxyl groups is 1. The molecule has 1 spiro atoms. The summed E-state index contributed by atoms with van der Waals surface area (Å²) in [6.45, 7) is 1.61. The largest absolute Gasteiger partial charge is 0.392 e. The van der Waals surface area contributed by atoms with Gasteiger partial charge < -0.3 is 10.4 Å². The Morgan fingerprint density at radius 1 is 1.20 bits per heavy atom. The Balaban J connectivity index is 1.58. The molecular formula is C18H23N3O3S. The molecule has 0 amide bonds. The first-order valence-corrected chi connectivity index (χ1v) is 10.2. The smallest absolute Gasteiger partial charge is 0.243 e. The molecule has 1 unspecified atom stereocenters. The third kappa shape index (κ3) is 3.06. The van der Waals surface area contributed by atoms with E-state index in [-0.39, 0.29) is 11.6 Å². The fraction of sp³-hybridized carbons (Fsp3) is 0.500. The van der Waals surface area contributed by atoms with Crippen LogP contribution in [-0.2, 0) is 10.0 Å². The molecule has 4 rings (SSSR count). The van der Waals surface area contributed by atoms with Gasteiger partial charge in [0.1, 0.15) is 0 Å². The van der Waals surface area contributed by atoms with Crippen molar-refractivity contribution in [2.24, 2.45) is 0 Å². The third-order valence-corrected chi connectivity index (χ3v) is 7.56. The maximum atomic E-state index is 13.2. The van der Waals surface area contributed by atoms with E-state index >= 15 is 0 Å². The molecule has 2 aromatic rings. The van der Waals surface area contributed by atoms with E-state index in [1.54, 1.807) is 34.9 Å². The van der Waals surface area contributed by atoms with Crippen LogP contribution in [0.15, 0.2) is 41.6 Å². The van der Waals surface area contributed by atoms with Crippen LogP contribution in [0.3, 0.4) is 0 Å². The van der Waals surface area contributed by atoms with Gasteiger partial charge in [-0.05, 0) is 37.8 Å². The molecule has 2 N–H and O–H groups in total. The minimum Gasteiger partial charge on any atom is -0.392 e. The SMILES string of the molecule is O=S(=O)(c1cccc2cnccc12)N1CCC2(CCC(O)CN2)CC1. The Kier molecular flexibility index (Phi) is 4.27. The number of fused-ring (bicyclic) bond motifs is 1. The van der Waals surface area contributed by atoms with E-state index in [0.717, 1.165) is 36.5 Å². The number of rotatable bonds is 2. The highest BCUT2D eigenvalue weighted by molar-refractivity contribution is 7.89. The molecule has 0 aliphatic carbocycles. The topological polar surface area (TPSA) is 82.5 Å². The van der Waals surface area contributed by atoms with Crippen molar-refractivity contribution in [3.63, 3.8) is 0 Å². The van der Waals surface area contributed by atoms with E-state index in [0.29, 0.717) is 24.5 Å². The quantitative estimate of drug-likeness (QED) is 0.847. The molecule has 0 bridgehead atoms. The van der Waals surface area contributed by atoms with E-state index in [1.807, 2.05) is 6.07 Å². The summed E-state index contributed by atoms with van der Waals surface area (Å²) in [6, 6.07) is 7.09. The van der Waals surface area contributed by atoms with Gasteiger partial charge in [-0.1, -0.05) is 12.1 Å². The maximum Gasteiger partial charge on any atom is 0.243 e. The van der Waals surface area contributed by atoms with Crippen LogP contribution in [0, 0.1) is 0 Å². The molecule has 25 heavy (non-hydrogen) atoms. The lowest BCUT2D eigenvalue weighted by atomic mass is 9.80. The Labute approximate surface area is 147 Å². The minimum absolute atomic E-state index is 0.0199. The minimum atomic E-state index is -3.53. The monoisotopic (exact) mass is 361 g/mol. The number of piperidine rings is 2. The highest BCUT2D eigenvalue weighted by Gasteiger charge is 2.40. The molecule has 2 aliphatic rings. The summed E-state index contributed by atoms with van der Waals surface area (Å²) in [7, 11) is -3.53. The first-order chi connectivity index (χ1) is 12.0. The normalized spacial score (nSPS) is 24.6. The Morgan fingerprint density at radius 3 is 2.72 bits per heavy atom. The van der Waals surface area contributed by atoms with Crippen molar-refractivity contribution in [1.29, 1.82) is 0 Å². The second-order valence-corrected chi connectivity index (χ2v) is 9.02. The zero-order chi connectivity index (χ0) is 17.5. The lowest BCUT2D eigenvalue weighted by Crippen LogP contribution is -2.58. The summed E-state index contributed by atoms with van der Waals surface area (Å²) in [5.41, 5.74) is -0.0199. The molecule has 1 atom stereocenters. The van der Waals surface area contributed by atoms with Crippen LogP contribution in [0.5, 0.6) is 0 Å². The van der Waals surface area contributed by atoms with Gasteiger partial charge in [-0.3, -0.25) is 4.98 Å². The number of aromatic nitrogens is 1. The van der Waals surface area contributed by atoms with Gasteiger partial charge in [-0.2, -0.15) is 4.31 Å². The van der Waals surface area contributed by atoms with Gasteiger partial charge in [0.25, 0.3) is 0 Å². The van der Waals surface area contributed by atoms with Crippen molar-refractivity contribution in [2.75, 3.05) is 19.6 Å². The average Bonchev–Trinajstić information content (AvgIpc) is 2.64. The van der Waals surface area contributed by atoms with Gasteiger partial charge >= 0.3 is 0 Å². The van der Waals surface area contributed by atoms with Gasteiger partial charge in [0.05, 0.1) is 11.0 Å². The van der Waals surface area contributed by atoms with Crippen molar-refractivity contribution >= 4 is 20.8 Å². The number of β-amino-alcohol motifs (C(OH)–C–C–N with tert-alkyl or cyclic N) is 1. The molecule has 1 aromatic carbocycles. The summed E-state index contributed by atoms with van der Waals surface area (Å²) in [4.78, 5) is 4.43. The summed E-state index contributed by atoms with van der Waals surface area (Å²) >= 11 is 0. The molecule has 2 fully saturated rings. The van der Waals surface area contributed by atoms with Crippen LogP contribution in [0.4, 0.5) is 0 Å². The van der Waals surface area contributed by atoms with E-state index in [1.165, 1.54) is 0 Å². The summed E-state index contributed by atoms with van der Waals surface area (Å²) < 4.78 is 27.9. The fourth-order valence-corrected chi connectivity index (χ4v) is 5.66. The Hall–Kier alpha value is -1.54. The predicted octanol–water partition coefficient (Wildman–Crippen LogP) is 1.50. The lowest BCUT2D eigenvalue weighted by molar-refractivity contribution is 0.0683. The molecule has 0 saturated carbocycles. The zero-order valence-electron chi connectivity index (χ0n) is 14.1. The lowest BCUT2D eigenvalue weighted by Gasteiger charge is -2.45. The van der Waals surface area contributed by atoms with Crippen LogP contribution < -0.4 is 5.32 Å². The maximum absolute atomic E-state index is 13.2. The van der Waals surface area contributed by atoms with Gasteiger partial charge in [0, 0.05) is 48.3 Å².